The van der Waals surface area contributed by atoms with E-state index in [-0.39, 0.29) is 12.4 Å². The molecule has 0 amide bonds. The van der Waals surface area contributed by atoms with E-state index in [0.717, 1.165) is 53.9 Å². The molecule has 6 atom stereocenters. The quantitative estimate of drug-likeness (QED) is 0.0516. The maximum absolute atomic E-state index is 14.1. The molecule has 1 aromatic heterocycles. The number of hydrogen-bond acceptors (Lipinski definition) is 3. The second-order valence-corrected chi connectivity index (χ2v) is 20.9. The summed E-state index contributed by atoms with van der Waals surface area (Å²) in [6.45, 7) is 24.8. The minimum Gasteiger partial charge on any atom is -1.00 e. The van der Waals surface area contributed by atoms with E-state index < -0.39 is 7.60 Å². The van der Waals surface area contributed by atoms with Crippen molar-refractivity contribution in [3.63, 3.8) is 0 Å². The van der Waals surface area contributed by atoms with Gasteiger partial charge in [0.1, 0.15) is 7.05 Å². The van der Waals surface area contributed by atoms with E-state index in [0.29, 0.717) is 31.2 Å². The van der Waals surface area contributed by atoms with Gasteiger partial charge in [0.2, 0.25) is 0 Å². The Hall–Kier alpha value is -0.410. The van der Waals surface area contributed by atoms with Crippen LogP contribution < -0.4 is 17.0 Å². The highest BCUT2D eigenvalue weighted by Gasteiger charge is 2.26. The lowest BCUT2D eigenvalue weighted by Crippen LogP contribution is -3.00. The summed E-state index contributed by atoms with van der Waals surface area (Å²) >= 11 is 0. The first-order chi connectivity index (χ1) is 24.7. The number of hydrogen-bond donors (Lipinski definition) is 0. The highest BCUT2D eigenvalue weighted by Crippen LogP contribution is 2.52. The minimum atomic E-state index is -3.23. The molecule has 6 heteroatoms. The molecule has 0 N–H and O–H groups in total. The Morgan fingerprint density at radius 2 is 0.736 bits per heavy atom. The first-order valence-electron chi connectivity index (χ1n) is 22.5. The molecule has 0 spiro atoms. The molecule has 0 aliphatic rings. The van der Waals surface area contributed by atoms with Crippen molar-refractivity contribution in [2.75, 3.05) is 13.2 Å². The zero-order valence-corrected chi connectivity index (χ0v) is 38.8. The Morgan fingerprint density at radius 3 is 1.02 bits per heavy atom. The predicted molar refractivity (Wildman–Crippen MR) is 228 cm³/mol. The van der Waals surface area contributed by atoms with Crippen molar-refractivity contribution in [1.82, 2.24) is 0 Å². The molecular weight excluding hydrogens is 693 g/mol. The van der Waals surface area contributed by atoms with Gasteiger partial charge in [-0.25, -0.2) is 4.57 Å². The van der Waals surface area contributed by atoms with Crippen LogP contribution >= 0.6 is 7.60 Å². The van der Waals surface area contributed by atoms with Crippen LogP contribution in [0.4, 0.5) is 0 Å². The van der Waals surface area contributed by atoms with Gasteiger partial charge >= 0.3 is 7.60 Å². The number of rotatable bonds is 34. The molecule has 6 unspecified atom stereocenters. The molecule has 0 saturated heterocycles. The van der Waals surface area contributed by atoms with Gasteiger partial charge in [-0.1, -0.05) is 185 Å². The van der Waals surface area contributed by atoms with E-state index >= 15 is 0 Å². The molecule has 0 radical (unpaired) electrons. The van der Waals surface area contributed by atoms with Gasteiger partial charge < -0.3 is 21.5 Å². The Labute approximate surface area is 338 Å². The van der Waals surface area contributed by atoms with Crippen molar-refractivity contribution in [3.05, 3.63) is 30.1 Å². The van der Waals surface area contributed by atoms with Crippen molar-refractivity contribution in [2.45, 2.75) is 204 Å². The van der Waals surface area contributed by atoms with E-state index in [4.69, 9.17) is 9.05 Å². The summed E-state index contributed by atoms with van der Waals surface area (Å²) < 4.78 is 28.4. The first kappa shape index (κ1) is 52.6. The molecule has 53 heavy (non-hydrogen) atoms. The number of pyridine rings is 1. The zero-order chi connectivity index (χ0) is 38.8. The van der Waals surface area contributed by atoms with Crippen LogP contribution in [0.25, 0.3) is 0 Å². The number of aryl methyl sites for hydroxylation is 1. The monoisotopic (exact) mass is 784 g/mol. The largest absolute Gasteiger partial charge is 1.00 e. The van der Waals surface area contributed by atoms with Crippen LogP contribution in [0.15, 0.2) is 24.5 Å². The van der Waals surface area contributed by atoms with Crippen LogP contribution in [0, 0.1) is 47.3 Å². The molecule has 4 nitrogen and oxygen atoms in total. The summed E-state index contributed by atoms with van der Waals surface area (Å²) in [6, 6.07) is 4.07. The molecular formula is C47H91ClNO3P. The van der Waals surface area contributed by atoms with Gasteiger partial charge in [0.15, 0.2) is 12.4 Å². The van der Waals surface area contributed by atoms with Gasteiger partial charge in [-0.3, -0.25) is 4.57 Å². The summed E-state index contributed by atoms with van der Waals surface area (Å²) in [4.78, 5) is 0. The van der Waals surface area contributed by atoms with E-state index in [1.165, 1.54) is 116 Å². The average Bonchev–Trinajstić information content (AvgIpc) is 3.05. The summed E-state index contributed by atoms with van der Waals surface area (Å²) in [6.07, 6.45) is 30.4. The number of aromatic nitrogens is 1. The van der Waals surface area contributed by atoms with Crippen molar-refractivity contribution in [2.24, 2.45) is 54.4 Å². The second kappa shape index (κ2) is 31.6. The summed E-state index contributed by atoms with van der Waals surface area (Å²) in [5.74, 6) is 6.16. The fourth-order valence-electron chi connectivity index (χ4n) is 7.65. The highest BCUT2D eigenvalue weighted by atomic mass is 35.5. The fourth-order valence-corrected chi connectivity index (χ4v) is 9.33. The summed E-state index contributed by atoms with van der Waals surface area (Å²) in [5, 5.41) is 0. The lowest BCUT2D eigenvalue weighted by Gasteiger charge is -2.21. The Morgan fingerprint density at radius 1 is 0.472 bits per heavy atom. The van der Waals surface area contributed by atoms with Gasteiger partial charge in [-0.05, 0) is 65.7 Å². The van der Waals surface area contributed by atoms with Gasteiger partial charge in [-0.2, -0.15) is 0 Å². The lowest BCUT2D eigenvalue weighted by atomic mass is 9.91. The topological polar surface area (TPSA) is 39.4 Å². The average molecular weight is 785 g/mol. The van der Waals surface area contributed by atoms with Crippen molar-refractivity contribution < 1.29 is 30.6 Å². The fraction of sp³-hybridized carbons (Fsp3) is 0.894. The maximum Gasteiger partial charge on any atom is 0.335 e. The van der Waals surface area contributed by atoms with Crippen molar-refractivity contribution in [1.29, 1.82) is 0 Å². The normalized spacial score (nSPS) is 16.5. The molecule has 0 aliphatic heterocycles. The first-order valence-corrected chi connectivity index (χ1v) is 24.2. The zero-order valence-electron chi connectivity index (χ0n) is 37.2. The SMILES string of the molecule is CC(C)CCCC(C)CCCC(C)CCCC(C)CCOP(=O)(Cc1cc[n+](C)cc1)OCCC(C)CCCC(C)CCCC(C)CCCC(C)C.[Cl-]. The van der Waals surface area contributed by atoms with Crippen LogP contribution in [0.5, 0.6) is 0 Å². The van der Waals surface area contributed by atoms with Crippen LogP contribution in [0.2, 0.25) is 0 Å². The molecule has 0 aromatic carbocycles. The third-order valence-electron chi connectivity index (χ3n) is 11.8. The van der Waals surface area contributed by atoms with Crippen LogP contribution in [0.1, 0.15) is 203 Å². The van der Waals surface area contributed by atoms with E-state index in [9.17, 15) is 4.57 Å². The van der Waals surface area contributed by atoms with E-state index in [2.05, 4.69) is 69.2 Å². The summed E-state index contributed by atoms with van der Waals surface area (Å²) in [7, 11) is -1.22. The molecule has 1 rings (SSSR count). The van der Waals surface area contributed by atoms with Crippen molar-refractivity contribution >= 4 is 7.60 Å². The smallest absolute Gasteiger partial charge is 0.335 e. The lowest BCUT2D eigenvalue weighted by molar-refractivity contribution is -0.671. The maximum atomic E-state index is 14.1. The molecule has 1 aromatic rings. The summed E-state index contributed by atoms with van der Waals surface area (Å²) in [5.41, 5.74) is 1.01. The Kier molecular flexibility index (Phi) is 31.4. The molecule has 0 bridgehead atoms. The highest BCUT2D eigenvalue weighted by molar-refractivity contribution is 7.53. The minimum absolute atomic E-state index is 0. The Bertz CT molecular complexity index is 964. The molecule has 314 valence electrons. The molecule has 0 fully saturated rings. The molecule has 0 saturated carbocycles. The van der Waals surface area contributed by atoms with Gasteiger partial charge in [0, 0.05) is 12.1 Å². The number of halogens is 1. The van der Waals surface area contributed by atoms with E-state index in [1.807, 2.05) is 36.1 Å². The predicted octanol–water partition coefficient (Wildman–Crippen LogP) is 12.2. The van der Waals surface area contributed by atoms with Crippen LogP contribution in [-0.4, -0.2) is 13.2 Å². The van der Waals surface area contributed by atoms with E-state index in [1.54, 1.807) is 0 Å². The second-order valence-electron chi connectivity index (χ2n) is 18.9. The third-order valence-corrected chi connectivity index (χ3v) is 13.7. The van der Waals surface area contributed by atoms with Crippen LogP contribution in [-0.2, 0) is 26.8 Å². The molecule has 1 heterocycles. The standard InChI is InChI=1S/C47H91NO3P.ClH/c1-39(2)18-12-20-41(5)22-14-24-43(7)26-16-28-45(9)32-36-50-52(49,38-47-30-34-48(11)35-31-47)51-37-33-46(10)29-17-27-44(8)25-15-23-42(6)21-13-19-40(3)4;/h30-31,34-35,39-46H,12-29,32-33,36-38H2,1-11H3;1H/q+1;/p-1. The molecule has 0 aliphatic carbocycles. The number of nitrogens with zero attached hydrogens (tertiary/aromatic N) is 1. The van der Waals surface area contributed by atoms with Gasteiger partial charge in [0.05, 0.1) is 19.4 Å². The van der Waals surface area contributed by atoms with Crippen molar-refractivity contribution in [3.8, 4) is 0 Å². The van der Waals surface area contributed by atoms with Gasteiger partial charge in [0.25, 0.3) is 0 Å². The van der Waals surface area contributed by atoms with Gasteiger partial charge in [-0.15, -0.1) is 0 Å². The Balaban J connectivity index is 0.0000270. The third kappa shape index (κ3) is 30.4. The van der Waals surface area contributed by atoms with Crippen LogP contribution in [0.3, 0.4) is 0 Å².